The SMILES string of the molecule is O=C1NC(=O)N(C2CCCC2)C(=O)/C1=C\c1cn(CCCOc2ccccc2Cl)c2ccccc12. The number of barbiturate groups is 1. The van der Waals surface area contributed by atoms with Gasteiger partial charge >= 0.3 is 6.03 Å². The number of aryl methyl sites for hydroxylation is 1. The first-order valence-electron chi connectivity index (χ1n) is 11.9. The van der Waals surface area contributed by atoms with Crippen LogP contribution >= 0.6 is 11.6 Å². The normalized spacial score (nSPS) is 18.0. The second kappa shape index (κ2) is 9.96. The minimum Gasteiger partial charge on any atom is -0.492 e. The number of amides is 4. The van der Waals surface area contributed by atoms with Crippen LogP contribution < -0.4 is 10.1 Å². The second-order valence-corrected chi connectivity index (χ2v) is 9.27. The lowest BCUT2D eigenvalue weighted by Gasteiger charge is -2.31. The largest absolute Gasteiger partial charge is 0.492 e. The smallest absolute Gasteiger partial charge is 0.331 e. The third-order valence-electron chi connectivity index (χ3n) is 6.58. The molecule has 0 radical (unpaired) electrons. The molecular formula is C27H26ClN3O4. The molecule has 1 saturated carbocycles. The number of ether oxygens (including phenoxy) is 1. The van der Waals surface area contributed by atoms with Gasteiger partial charge in [0.05, 0.1) is 11.6 Å². The molecule has 1 N–H and O–H groups in total. The Kier molecular flexibility index (Phi) is 6.59. The number of imide groups is 2. The molecule has 1 aliphatic carbocycles. The van der Waals surface area contributed by atoms with E-state index in [1.54, 1.807) is 12.1 Å². The van der Waals surface area contributed by atoms with E-state index in [1.807, 2.05) is 48.7 Å². The van der Waals surface area contributed by atoms with Crippen LogP contribution in [0, 0.1) is 0 Å². The van der Waals surface area contributed by atoms with Crippen molar-refractivity contribution in [1.82, 2.24) is 14.8 Å². The molecule has 0 bridgehead atoms. The van der Waals surface area contributed by atoms with Crippen molar-refractivity contribution in [3.8, 4) is 5.75 Å². The van der Waals surface area contributed by atoms with E-state index < -0.39 is 17.8 Å². The van der Waals surface area contributed by atoms with Crippen molar-refractivity contribution < 1.29 is 19.1 Å². The molecule has 180 valence electrons. The Balaban J connectivity index is 1.37. The summed E-state index contributed by atoms with van der Waals surface area (Å²) in [6.07, 6.45) is 7.77. The van der Waals surface area contributed by atoms with E-state index in [9.17, 15) is 14.4 Å². The van der Waals surface area contributed by atoms with Crippen molar-refractivity contribution in [2.24, 2.45) is 0 Å². The van der Waals surface area contributed by atoms with Gasteiger partial charge in [-0.2, -0.15) is 0 Å². The van der Waals surface area contributed by atoms with Gasteiger partial charge in [0.25, 0.3) is 11.8 Å². The van der Waals surface area contributed by atoms with Gasteiger partial charge in [-0.05, 0) is 43.5 Å². The summed E-state index contributed by atoms with van der Waals surface area (Å²) in [6.45, 7) is 1.17. The molecule has 0 atom stereocenters. The number of fused-ring (bicyclic) bond motifs is 1. The van der Waals surface area contributed by atoms with Crippen molar-refractivity contribution >= 4 is 46.4 Å². The Morgan fingerprint density at radius 2 is 1.77 bits per heavy atom. The summed E-state index contributed by atoms with van der Waals surface area (Å²) in [7, 11) is 0. The Hall–Kier alpha value is -3.58. The summed E-state index contributed by atoms with van der Waals surface area (Å²) in [6, 6.07) is 14.4. The zero-order chi connectivity index (χ0) is 24.4. The van der Waals surface area contributed by atoms with Crippen LogP contribution in [0.5, 0.6) is 5.75 Å². The fourth-order valence-electron chi connectivity index (χ4n) is 4.87. The standard InChI is InChI=1S/C27H26ClN3O4/c28-22-11-4-6-13-24(22)35-15-7-14-30-17-18(20-10-3-5-12-23(20)30)16-21-25(32)29-27(34)31(26(21)33)19-8-1-2-9-19/h3-6,10-13,16-17,19H,1-2,7-9,14-15H2,(H,29,32,34)/b21-16-. The van der Waals surface area contributed by atoms with Crippen LogP contribution in [0.15, 0.2) is 60.3 Å². The lowest BCUT2D eigenvalue weighted by Crippen LogP contribution is -2.57. The minimum absolute atomic E-state index is 0.0125. The Morgan fingerprint density at radius 1 is 1.03 bits per heavy atom. The number of halogens is 1. The molecule has 2 heterocycles. The van der Waals surface area contributed by atoms with Gasteiger partial charge in [0.1, 0.15) is 11.3 Å². The zero-order valence-corrected chi connectivity index (χ0v) is 20.0. The quantitative estimate of drug-likeness (QED) is 0.281. The fraction of sp³-hybridized carbons (Fsp3) is 0.296. The summed E-state index contributed by atoms with van der Waals surface area (Å²) >= 11 is 6.16. The highest BCUT2D eigenvalue weighted by atomic mass is 35.5. The van der Waals surface area contributed by atoms with E-state index in [-0.39, 0.29) is 11.6 Å². The number of carbonyl (C=O) groups is 3. The number of hydrogen-bond donors (Lipinski definition) is 1. The summed E-state index contributed by atoms with van der Waals surface area (Å²) in [4.78, 5) is 39.4. The monoisotopic (exact) mass is 491 g/mol. The molecule has 5 rings (SSSR count). The molecule has 4 amide bonds. The third kappa shape index (κ3) is 4.68. The molecule has 7 nitrogen and oxygen atoms in total. The molecule has 0 spiro atoms. The molecule has 35 heavy (non-hydrogen) atoms. The van der Waals surface area contributed by atoms with Gasteiger partial charge in [-0.3, -0.25) is 19.8 Å². The number of aromatic nitrogens is 1. The van der Waals surface area contributed by atoms with E-state index in [2.05, 4.69) is 9.88 Å². The van der Waals surface area contributed by atoms with Gasteiger partial charge in [0, 0.05) is 35.2 Å². The molecule has 1 aromatic heterocycles. The first-order valence-corrected chi connectivity index (χ1v) is 12.3. The number of urea groups is 1. The number of para-hydroxylation sites is 2. The topological polar surface area (TPSA) is 80.6 Å². The van der Waals surface area contributed by atoms with Crippen LogP contribution in [0.25, 0.3) is 17.0 Å². The van der Waals surface area contributed by atoms with Crippen LogP contribution in [0.2, 0.25) is 5.02 Å². The molecule has 1 saturated heterocycles. The number of nitrogens with one attached hydrogen (secondary N) is 1. The predicted molar refractivity (Wildman–Crippen MR) is 134 cm³/mol. The van der Waals surface area contributed by atoms with Gasteiger partial charge < -0.3 is 9.30 Å². The minimum atomic E-state index is -0.654. The van der Waals surface area contributed by atoms with E-state index in [1.165, 1.54) is 4.90 Å². The van der Waals surface area contributed by atoms with E-state index in [0.29, 0.717) is 23.9 Å². The van der Waals surface area contributed by atoms with Gasteiger partial charge in [-0.15, -0.1) is 0 Å². The lowest BCUT2D eigenvalue weighted by atomic mass is 10.0. The second-order valence-electron chi connectivity index (χ2n) is 8.86. The molecule has 8 heteroatoms. The number of nitrogens with zero attached hydrogens (tertiary/aromatic N) is 2. The Labute approximate surface area is 208 Å². The van der Waals surface area contributed by atoms with E-state index in [4.69, 9.17) is 16.3 Å². The average Bonchev–Trinajstić information content (AvgIpc) is 3.49. The van der Waals surface area contributed by atoms with Crippen LogP contribution in [-0.4, -0.2) is 40.0 Å². The summed E-state index contributed by atoms with van der Waals surface area (Å²) in [5.41, 5.74) is 1.73. The maximum Gasteiger partial charge on any atom is 0.331 e. The lowest BCUT2D eigenvalue weighted by molar-refractivity contribution is -0.131. The van der Waals surface area contributed by atoms with Crippen LogP contribution in [0.4, 0.5) is 4.79 Å². The van der Waals surface area contributed by atoms with Gasteiger partial charge in [0.15, 0.2) is 0 Å². The van der Waals surface area contributed by atoms with Crippen molar-refractivity contribution in [3.63, 3.8) is 0 Å². The van der Waals surface area contributed by atoms with Gasteiger partial charge in [-0.25, -0.2) is 4.79 Å². The molecule has 2 aliphatic rings. The molecule has 1 aliphatic heterocycles. The summed E-state index contributed by atoms with van der Waals surface area (Å²) in [5.74, 6) is -0.519. The van der Waals surface area contributed by atoms with Crippen LogP contribution in [0.1, 0.15) is 37.7 Å². The highest BCUT2D eigenvalue weighted by Crippen LogP contribution is 2.29. The first-order chi connectivity index (χ1) is 17.0. The number of hydrogen-bond acceptors (Lipinski definition) is 4. The first kappa shape index (κ1) is 23.2. The number of carbonyl (C=O) groups excluding carboxylic acids is 3. The Morgan fingerprint density at radius 3 is 2.57 bits per heavy atom. The third-order valence-corrected chi connectivity index (χ3v) is 6.89. The molecule has 2 aromatic carbocycles. The van der Waals surface area contributed by atoms with Crippen molar-refractivity contribution in [1.29, 1.82) is 0 Å². The van der Waals surface area contributed by atoms with Crippen molar-refractivity contribution in [2.45, 2.75) is 44.7 Å². The summed E-state index contributed by atoms with van der Waals surface area (Å²) < 4.78 is 7.89. The van der Waals surface area contributed by atoms with Crippen LogP contribution in [0.3, 0.4) is 0 Å². The Bertz CT molecular complexity index is 1320. The molecule has 3 aromatic rings. The predicted octanol–water partition coefficient (Wildman–Crippen LogP) is 5.17. The molecule has 2 fully saturated rings. The van der Waals surface area contributed by atoms with Gasteiger partial charge in [0.2, 0.25) is 0 Å². The maximum atomic E-state index is 13.2. The average molecular weight is 492 g/mol. The van der Waals surface area contributed by atoms with E-state index >= 15 is 0 Å². The molecular weight excluding hydrogens is 466 g/mol. The van der Waals surface area contributed by atoms with Crippen molar-refractivity contribution in [2.75, 3.05) is 6.61 Å². The fourth-order valence-corrected chi connectivity index (χ4v) is 5.06. The van der Waals surface area contributed by atoms with Gasteiger partial charge in [-0.1, -0.05) is 54.8 Å². The van der Waals surface area contributed by atoms with Crippen molar-refractivity contribution in [3.05, 3.63) is 70.9 Å². The number of benzene rings is 2. The molecule has 0 unspecified atom stereocenters. The highest BCUT2D eigenvalue weighted by molar-refractivity contribution is 6.32. The van der Waals surface area contributed by atoms with Crippen LogP contribution in [-0.2, 0) is 16.1 Å². The zero-order valence-electron chi connectivity index (χ0n) is 19.2. The number of rotatable bonds is 7. The maximum absolute atomic E-state index is 13.2. The summed E-state index contributed by atoms with van der Waals surface area (Å²) in [5, 5.41) is 3.85. The highest BCUT2D eigenvalue weighted by Gasteiger charge is 2.40. The van der Waals surface area contributed by atoms with E-state index in [0.717, 1.165) is 48.6 Å².